The number of hydrogen-bond donors (Lipinski definition) is 1. The quantitative estimate of drug-likeness (QED) is 0.717. The standard InChI is InChI=1S/C16H12BrClN2O3S/c1-23-12-3-5-13(6-4-12)24(21,22)14(9-19)10-20-16-7-2-11(17)8-15(16)18/h2-8,10,20H,1H3/b14-10-. The number of rotatable bonds is 5. The monoisotopic (exact) mass is 426 g/mol. The van der Waals surface area contributed by atoms with E-state index in [0.717, 1.165) is 10.7 Å². The first-order valence-corrected chi connectivity index (χ1v) is 9.25. The first-order chi connectivity index (χ1) is 11.4. The highest BCUT2D eigenvalue weighted by atomic mass is 79.9. The van der Waals surface area contributed by atoms with Crippen molar-refractivity contribution in [3.05, 3.63) is 63.1 Å². The minimum atomic E-state index is -3.94. The smallest absolute Gasteiger partial charge is 0.218 e. The molecule has 0 amide bonds. The summed E-state index contributed by atoms with van der Waals surface area (Å²) in [5.41, 5.74) is 0.484. The summed E-state index contributed by atoms with van der Waals surface area (Å²) in [6.07, 6.45) is 1.12. The summed E-state index contributed by atoms with van der Waals surface area (Å²) in [6.45, 7) is 0. The van der Waals surface area contributed by atoms with Gasteiger partial charge in [0.2, 0.25) is 9.84 Å². The van der Waals surface area contributed by atoms with Gasteiger partial charge in [0.05, 0.1) is 22.7 Å². The summed E-state index contributed by atoms with van der Waals surface area (Å²) in [7, 11) is -2.46. The third-order valence-electron chi connectivity index (χ3n) is 3.06. The van der Waals surface area contributed by atoms with Gasteiger partial charge in [0.25, 0.3) is 0 Å². The van der Waals surface area contributed by atoms with E-state index in [4.69, 9.17) is 16.3 Å². The Kier molecular flexibility index (Phi) is 5.89. The van der Waals surface area contributed by atoms with Gasteiger partial charge in [-0.1, -0.05) is 27.5 Å². The van der Waals surface area contributed by atoms with E-state index in [-0.39, 0.29) is 4.90 Å². The van der Waals surface area contributed by atoms with Crippen molar-refractivity contribution in [3.63, 3.8) is 0 Å². The molecule has 1 N–H and O–H groups in total. The minimum Gasteiger partial charge on any atom is -0.497 e. The Morgan fingerprint density at radius 2 is 1.96 bits per heavy atom. The van der Waals surface area contributed by atoms with Gasteiger partial charge in [-0.3, -0.25) is 0 Å². The maximum atomic E-state index is 12.5. The molecule has 0 aliphatic rings. The zero-order valence-electron chi connectivity index (χ0n) is 12.5. The van der Waals surface area contributed by atoms with Crippen molar-refractivity contribution in [2.75, 3.05) is 12.4 Å². The number of benzene rings is 2. The van der Waals surface area contributed by atoms with E-state index in [2.05, 4.69) is 21.2 Å². The highest BCUT2D eigenvalue weighted by Crippen LogP contribution is 2.27. The number of anilines is 1. The van der Waals surface area contributed by atoms with Gasteiger partial charge >= 0.3 is 0 Å². The van der Waals surface area contributed by atoms with Crippen molar-refractivity contribution < 1.29 is 13.2 Å². The largest absolute Gasteiger partial charge is 0.497 e. The van der Waals surface area contributed by atoms with Crippen LogP contribution in [0.2, 0.25) is 5.02 Å². The van der Waals surface area contributed by atoms with E-state index in [0.29, 0.717) is 16.5 Å². The molecule has 2 rings (SSSR count). The van der Waals surface area contributed by atoms with Crippen LogP contribution < -0.4 is 10.1 Å². The predicted octanol–water partition coefficient (Wildman–Crippen LogP) is 4.36. The van der Waals surface area contributed by atoms with Crippen LogP contribution in [-0.2, 0) is 9.84 Å². The molecule has 0 saturated heterocycles. The molecule has 0 spiro atoms. The molecular weight excluding hydrogens is 416 g/mol. The number of sulfone groups is 1. The average molecular weight is 428 g/mol. The Morgan fingerprint density at radius 1 is 1.29 bits per heavy atom. The Hall–Kier alpha value is -2.01. The summed E-state index contributed by atoms with van der Waals surface area (Å²) >= 11 is 9.33. The molecule has 5 nitrogen and oxygen atoms in total. The highest BCUT2D eigenvalue weighted by molar-refractivity contribution is 9.10. The fourth-order valence-electron chi connectivity index (χ4n) is 1.80. The number of allylic oxidation sites excluding steroid dienone is 1. The van der Waals surface area contributed by atoms with Crippen LogP contribution in [0.25, 0.3) is 0 Å². The van der Waals surface area contributed by atoms with E-state index in [1.54, 1.807) is 24.3 Å². The highest BCUT2D eigenvalue weighted by Gasteiger charge is 2.21. The number of methoxy groups -OCH3 is 1. The Labute approximate surface area is 153 Å². The molecule has 24 heavy (non-hydrogen) atoms. The minimum absolute atomic E-state index is 0.000182. The molecule has 0 bridgehead atoms. The van der Waals surface area contributed by atoms with Gasteiger partial charge in [0, 0.05) is 10.7 Å². The number of hydrogen-bond acceptors (Lipinski definition) is 5. The molecule has 0 aromatic heterocycles. The Morgan fingerprint density at radius 3 is 2.50 bits per heavy atom. The maximum Gasteiger partial charge on any atom is 0.218 e. The molecular formula is C16H12BrClN2O3S. The third kappa shape index (κ3) is 4.09. The molecule has 0 atom stereocenters. The van der Waals surface area contributed by atoms with Crippen molar-refractivity contribution in [2.24, 2.45) is 0 Å². The first-order valence-electron chi connectivity index (χ1n) is 6.59. The third-order valence-corrected chi connectivity index (χ3v) is 5.55. The molecule has 0 unspecified atom stereocenters. The Bertz CT molecular complexity index is 919. The number of halogens is 2. The molecule has 0 aliphatic heterocycles. The van der Waals surface area contributed by atoms with Crippen LogP contribution in [0.5, 0.6) is 5.75 Å². The van der Waals surface area contributed by atoms with Crippen molar-refractivity contribution in [1.29, 1.82) is 5.26 Å². The summed E-state index contributed by atoms with van der Waals surface area (Å²) in [4.78, 5) is -0.425. The average Bonchev–Trinajstić information content (AvgIpc) is 2.57. The summed E-state index contributed by atoms with van der Waals surface area (Å²) < 4.78 is 30.8. The van der Waals surface area contributed by atoms with Crippen molar-refractivity contribution in [3.8, 4) is 11.8 Å². The van der Waals surface area contributed by atoms with Crippen LogP contribution in [0, 0.1) is 11.3 Å². The molecule has 2 aromatic carbocycles. The maximum absolute atomic E-state index is 12.5. The van der Waals surface area contributed by atoms with Gasteiger partial charge in [-0.2, -0.15) is 5.26 Å². The van der Waals surface area contributed by atoms with Crippen LogP contribution in [0.3, 0.4) is 0 Å². The van der Waals surface area contributed by atoms with Gasteiger partial charge in [-0.25, -0.2) is 8.42 Å². The van der Waals surface area contributed by atoms with Gasteiger partial charge < -0.3 is 10.1 Å². The Balaban J connectivity index is 2.33. The lowest BCUT2D eigenvalue weighted by Crippen LogP contribution is -2.05. The summed E-state index contributed by atoms with van der Waals surface area (Å²) in [5.74, 6) is 0.524. The van der Waals surface area contributed by atoms with Gasteiger partial charge in [0.1, 0.15) is 11.8 Å². The lowest BCUT2D eigenvalue weighted by atomic mass is 10.3. The van der Waals surface area contributed by atoms with E-state index < -0.39 is 14.7 Å². The SMILES string of the molecule is COc1ccc(S(=O)(=O)/C(C#N)=C\Nc2ccc(Br)cc2Cl)cc1. The molecule has 0 saturated carbocycles. The second kappa shape index (κ2) is 7.71. The zero-order chi connectivity index (χ0) is 17.7. The second-order valence-electron chi connectivity index (χ2n) is 4.57. The number of ether oxygens (including phenoxy) is 1. The number of nitriles is 1. The molecule has 124 valence electrons. The molecule has 2 aromatic rings. The summed E-state index contributed by atoms with van der Waals surface area (Å²) in [5, 5.41) is 12.3. The molecule has 8 heteroatoms. The molecule has 0 radical (unpaired) electrons. The fraction of sp³-hybridized carbons (Fsp3) is 0.0625. The molecule has 0 fully saturated rings. The van der Waals surface area contributed by atoms with Crippen LogP contribution in [0.4, 0.5) is 5.69 Å². The van der Waals surface area contributed by atoms with Crippen molar-refractivity contribution in [1.82, 2.24) is 0 Å². The lowest BCUT2D eigenvalue weighted by Gasteiger charge is -2.07. The van der Waals surface area contributed by atoms with E-state index >= 15 is 0 Å². The fourth-order valence-corrected chi connectivity index (χ4v) is 3.61. The van der Waals surface area contributed by atoms with Crippen LogP contribution >= 0.6 is 27.5 Å². The van der Waals surface area contributed by atoms with Gasteiger partial charge in [-0.15, -0.1) is 0 Å². The number of nitrogens with one attached hydrogen (secondary N) is 1. The predicted molar refractivity (Wildman–Crippen MR) is 96.7 cm³/mol. The van der Waals surface area contributed by atoms with E-state index in [1.165, 1.54) is 31.4 Å². The van der Waals surface area contributed by atoms with Crippen LogP contribution in [-0.4, -0.2) is 15.5 Å². The lowest BCUT2D eigenvalue weighted by molar-refractivity contribution is 0.414. The normalized spacial score (nSPS) is 11.7. The van der Waals surface area contributed by atoms with Gasteiger partial charge in [0.15, 0.2) is 4.91 Å². The van der Waals surface area contributed by atoms with Crippen molar-refractivity contribution in [2.45, 2.75) is 4.90 Å². The molecule has 0 heterocycles. The summed E-state index contributed by atoms with van der Waals surface area (Å²) in [6, 6.07) is 12.6. The molecule has 0 aliphatic carbocycles. The topological polar surface area (TPSA) is 79.2 Å². The van der Waals surface area contributed by atoms with Crippen LogP contribution in [0.1, 0.15) is 0 Å². The van der Waals surface area contributed by atoms with E-state index in [9.17, 15) is 13.7 Å². The first kappa shape index (κ1) is 18.3. The number of nitrogens with zero attached hydrogens (tertiary/aromatic N) is 1. The van der Waals surface area contributed by atoms with Crippen LogP contribution in [0.15, 0.2) is 62.9 Å². The van der Waals surface area contributed by atoms with E-state index in [1.807, 2.05) is 0 Å². The van der Waals surface area contributed by atoms with Crippen molar-refractivity contribution >= 4 is 43.1 Å². The van der Waals surface area contributed by atoms with Gasteiger partial charge in [-0.05, 0) is 42.5 Å². The zero-order valence-corrected chi connectivity index (χ0v) is 15.6. The second-order valence-corrected chi connectivity index (χ2v) is 7.81.